The van der Waals surface area contributed by atoms with Crippen molar-refractivity contribution in [3.63, 3.8) is 0 Å². The normalized spacial score (nSPS) is 17.7. The number of ether oxygens (including phenoxy) is 2. The second kappa shape index (κ2) is 8.50. The van der Waals surface area contributed by atoms with E-state index in [1.165, 1.54) is 19.2 Å². The molecule has 0 saturated carbocycles. The van der Waals surface area contributed by atoms with Crippen LogP contribution in [0.15, 0.2) is 46.8 Å². The Morgan fingerprint density at radius 2 is 1.79 bits per heavy atom. The number of alkyl halides is 3. The Bertz CT molecular complexity index is 810. The van der Waals surface area contributed by atoms with Gasteiger partial charge in [-0.3, -0.25) is 4.79 Å². The molecule has 1 heterocycles. The summed E-state index contributed by atoms with van der Waals surface area (Å²) >= 11 is 0. The fourth-order valence-corrected chi connectivity index (χ4v) is 3.56. The first-order valence-corrected chi connectivity index (χ1v) is 8.66. The highest BCUT2D eigenvalue weighted by Crippen LogP contribution is 2.42. The summed E-state index contributed by atoms with van der Waals surface area (Å²) in [4.78, 5) is 25.2. The van der Waals surface area contributed by atoms with E-state index in [0.29, 0.717) is 35.4 Å². The molecule has 1 unspecified atom stereocenters. The minimum absolute atomic E-state index is 0.0920. The van der Waals surface area contributed by atoms with Gasteiger partial charge in [0.25, 0.3) is 6.47 Å². The highest BCUT2D eigenvalue weighted by atomic mass is 19.4. The number of halogens is 3. The molecular weight excluding hydrogens is 375 g/mol. The van der Waals surface area contributed by atoms with Crippen LogP contribution in [-0.2, 0) is 25.2 Å². The van der Waals surface area contributed by atoms with Crippen LogP contribution in [0.5, 0.6) is 0 Å². The maximum atomic E-state index is 12.9. The molecule has 8 heteroatoms. The van der Waals surface area contributed by atoms with Crippen LogP contribution in [0.25, 0.3) is 0 Å². The minimum atomic E-state index is -4.46. The van der Waals surface area contributed by atoms with Gasteiger partial charge in [-0.25, -0.2) is 4.79 Å². The van der Waals surface area contributed by atoms with Crippen molar-refractivity contribution in [3.05, 3.63) is 57.9 Å². The first-order chi connectivity index (χ1) is 13.2. The molecule has 28 heavy (non-hydrogen) atoms. The summed E-state index contributed by atoms with van der Waals surface area (Å²) in [5.41, 5.74) is 2.03. The lowest BCUT2D eigenvalue weighted by Crippen LogP contribution is -2.33. The first-order valence-electron chi connectivity index (χ1n) is 8.66. The van der Waals surface area contributed by atoms with Crippen molar-refractivity contribution in [3.8, 4) is 0 Å². The number of carbonyl (C=O) groups excluding carboxylic acids is 2. The van der Waals surface area contributed by atoms with Crippen LogP contribution in [0.2, 0.25) is 0 Å². The maximum absolute atomic E-state index is 12.9. The van der Waals surface area contributed by atoms with Gasteiger partial charge in [0.05, 0.1) is 18.2 Å². The molecule has 0 amide bonds. The quantitative estimate of drug-likeness (QED) is 0.536. The summed E-state index contributed by atoms with van der Waals surface area (Å²) in [5.74, 6) is -1.27. The Kier molecular flexibility index (Phi) is 6.53. The number of esters is 1. The van der Waals surface area contributed by atoms with Crippen molar-refractivity contribution < 1.29 is 32.2 Å². The average molecular weight is 397 g/mol. The van der Waals surface area contributed by atoms with Crippen LogP contribution in [0, 0.1) is 0 Å². The number of benzene rings is 1. The topological polar surface area (TPSA) is 55.8 Å². The van der Waals surface area contributed by atoms with E-state index >= 15 is 0 Å². The smallest absolute Gasteiger partial charge is 0.416 e. The van der Waals surface area contributed by atoms with E-state index in [0.717, 1.165) is 17.8 Å². The third-order valence-electron chi connectivity index (χ3n) is 4.90. The number of hydrogen-bond donors (Lipinski definition) is 0. The molecule has 1 aliphatic rings. The van der Waals surface area contributed by atoms with Gasteiger partial charge in [-0.2, -0.15) is 13.2 Å². The Balaban J connectivity index is 2.66. The molecule has 1 aliphatic heterocycles. The van der Waals surface area contributed by atoms with Crippen molar-refractivity contribution >= 4 is 12.4 Å². The van der Waals surface area contributed by atoms with E-state index in [9.17, 15) is 22.8 Å². The molecule has 0 N–H and O–H groups in total. The second-order valence-corrected chi connectivity index (χ2v) is 6.31. The highest BCUT2D eigenvalue weighted by Gasteiger charge is 2.37. The Morgan fingerprint density at radius 1 is 1.18 bits per heavy atom. The third kappa shape index (κ3) is 4.05. The van der Waals surface area contributed by atoms with Gasteiger partial charge in [-0.1, -0.05) is 12.1 Å². The zero-order valence-electron chi connectivity index (χ0n) is 16.1. The van der Waals surface area contributed by atoms with E-state index in [1.54, 1.807) is 6.92 Å². The average Bonchev–Trinajstić information content (AvgIpc) is 2.66. The van der Waals surface area contributed by atoms with Crippen molar-refractivity contribution in [1.82, 2.24) is 4.90 Å². The van der Waals surface area contributed by atoms with Gasteiger partial charge in [-0.15, -0.1) is 0 Å². The SMILES string of the molecule is CCN1C(C)=C(COC=O)C(c2ccc(C(F)(F)F)cc2)C(C(=O)OC)=C1C. The molecule has 152 valence electrons. The first kappa shape index (κ1) is 21.5. The summed E-state index contributed by atoms with van der Waals surface area (Å²) in [6, 6.07) is 4.61. The third-order valence-corrected chi connectivity index (χ3v) is 4.90. The molecule has 5 nitrogen and oxygen atoms in total. The summed E-state index contributed by atoms with van der Waals surface area (Å²) in [7, 11) is 1.25. The van der Waals surface area contributed by atoms with Gasteiger partial charge in [0.1, 0.15) is 6.61 Å². The largest absolute Gasteiger partial charge is 0.466 e. The molecule has 0 spiro atoms. The van der Waals surface area contributed by atoms with E-state index in [-0.39, 0.29) is 6.61 Å². The Morgan fingerprint density at radius 3 is 2.25 bits per heavy atom. The number of hydrogen-bond acceptors (Lipinski definition) is 5. The molecule has 1 atom stereocenters. The Labute approximate surface area is 161 Å². The molecule has 0 aromatic heterocycles. The van der Waals surface area contributed by atoms with Crippen LogP contribution in [0.1, 0.15) is 37.8 Å². The molecule has 0 aliphatic carbocycles. The van der Waals surface area contributed by atoms with Crippen LogP contribution in [0.4, 0.5) is 13.2 Å². The zero-order valence-corrected chi connectivity index (χ0v) is 16.1. The lowest BCUT2D eigenvalue weighted by molar-refractivity contribution is -0.138. The van der Waals surface area contributed by atoms with E-state index in [4.69, 9.17) is 9.47 Å². The number of methoxy groups -OCH3 is 1. The van der Waals surface area contributed by atoms with Gasteiger partial charge in [0, 0.05) is 23.9 Å². The fraction of sp³-hybridized carbons (Fsp3) is 0.400. The van der Waals surface area contributed by atoms with Crippen LogP contribution >= 0.6 is 0 Å². The van der Waals surface area contributed by atoms with Gasteiger partial charge in [0.2, 0.25) is 0 Å². The number of nitrogens with zero attached hydrogens (tertiary/aromatic N) is 1. The van der Waals surface area contributed by atoms with Crippen molar-refractivity contribution in [2.75, 3.05) is 20.3 Å². The lowest BCUT2D eigenvalue weighted by Gasteiger charge is -2.38. The van der Waals surface area contributed by atoms with E-state index in [2.05, 4.69) is 0 Å². The van der Waals surface area contributed by atoms with E-state index < -0.39 is 23.6 Å². The maximum Gasteiger partial charge on any atom is 0.416 e. The summed E-state index contributed by atoms with van der Waals surface area (Å²) in [6.07, 6.45) is -4.46. The molecule has 2 rings (SSSR count). The predicted molar refractivity (Wildman–Crippen MR) is 96.0 cm³/mol. The second-order valence-electron chi connectivity index (χ2n) is 6.31. The van der Waals surface area contributed by atoms with Crippen LogP contribution < -0.4 is 0 Å². The molecule has 0 bridgehead atoms. The lowest BCUT2D eigenvalue weighted by atomic mass is 9.80. The van der Waals surface area contributed by atoms with Gasteiger partial charge < -0.3 is 14.4 Å². The minimum Gasteiger partial charge on any atom is -0.466 e. The number of rotatable bonds is 6. The molecule has 0 radical (unpaired) electrons. The predicted octanol–water partition coefficient (Wildman–Crippen LogP) is 4.02. The molecule has 0 saturated heterocycles. The van der Waals surface area contributed by atoms with Gasteiger partial charge >= 0.3 is 12.1 Å². The standard InChI is InChI=1S/C20H22F3NO4/c1-5-24-12(2)16(10-28-11-25)18(17(13(24)3)19(26)27-4)14-6-8-15(9-7-14)20(21,22)23/h6-9,11,18H,5,10H2,1-4H3. The molecule has 1 aromatic carbocycles. The molecule has 0 fully saturated rings. The number of carbonyl (C=O) groups is 2. The summed E-state index contributed by atoms with van der Waals surface area (Å²) in [5, 5.41) is 0. The monoisotopic (exact) mass is 397 g/mol. The fourth-order valence-electron chi connectivity index (χ4n) is 3.56. The van der Waals surface area contributed by atoms with Crippen molar-refractivity contribution in [2.24, 2.45) is 0 Å². The van der Waals surface area contributed by atoms with E-state index in [1.807, 2.05) is 18.7 Å². The summed E-state index contributed by atoms with van der Waals surface area (Å²) in [6.45, 7) is 6.24. The molecule has 1 aromatic rings. The Hall–Kier alpha value is -2.77. The van der Waals surface area contributed by atoms with Crippen molar-refractivity contribution in [1.29, 1.82) is 0 Å². The molecular formula is C20H22F3NO4. The van der Waals surface area contributed by atoms with Crippen molar-refractivity contribution in [2.45, 2.75) is 32.9 Å². The number of allylic oxidation sites excluding steroid dienone is 2. The van der Waals surface area contributed by atoms with Crippen LogP contribution in [-0.4, -0.2) is 37.6 Å². The van der Waals surface area contributed by atoms with Gasteiger partial charge in [-0.05, 0) is 44.0 Å². The summed E-state index contributed by atoms with van der Waals surface area (Å²) < 4.78 is 48.7. The zero-order chi connectivity index (χ0) is 21.1. The van der Waals surface area contributed by atoms with Gasteiger partial charge in [0.15, 0.2) is 0 Å². The van der Waals surface area contributed by atoms with Crippen LogP contribution in [0.3, 0.4) is 0 Å². The highest BCUT2D eigenvalue weighted by molar-refractivity contribution is 5.92.